The van der Waals surface area contributed by atoms with Crippen LogP contribution in [0.3, 0.4) is 0 Å². The Morgan fingerprint density at radius 3 is 2.93 bits per heavy atom. The van der Waals surface area contributed by atoms with E-state index in [-0.39, 0.29) is 0 Å². The first-order valence-corrected chi connectivity index (χ1v) is 6.29. The Morgan fingerprint density at radius 2 is 2.27 bits per heavy atom. The summed E-state index contributed by atoms with van der Waals surface area (Å²) in [5.74, 6) is 0.669. The highest BCUT2D eigenvalue weighted by Crippen LogP contribution is 2.28. The van der Waals surface area contributed by atoms with Crippen molar-refractivity contribution in [2.24, 2.45) is 0 Å². The number of piperidine rings is 1. The Hall–Kier alpha value is -0.450. The van der Waals surface area contributed by atoms with E-state index >= 15 is 0 Å². The smallest absolute Gasteiger partial charge is 0.119 e. The summed E-state index contributed by atoms with van der Waals surface area (Å²) >= 11 is 1.72. The summed E-state index contributed by atoms with van der Waals surface area (Å²) in [7, 11) is 3.91. The molecule has 0 unspecified atom stereocenters. The molecule has 1 aromatic heterocycles. The normalized spacial score (nSPS) is 19.6. The van der Waals surface area contributed by atoms with Gasteiger partial charge in [-0.05, 0) is 33.0 Å². The molecule has 3 nitrogen and oxygen atoms in total. The number of aromatic nitrogens is 1. The van der Waals surface area contributed by atoms with Gasteiger partial charge in [0.25, 0.3) is 0 Å². The number of ether oxygens (including phenoxy) is 1. The van der Waals surface area contributed by atoms with Crippen LogP contribution in [0.4, 0.5) is 0 Å². The van der Waals surface area contributed by atoms with E-state index < -0.39 is 0 Å². The zero-order valence-electron chi connectivity index (χ0n) is 9.40. The molecule has 0 aromatic carbocycles. The molecule has 84 valence electrons. The summed E-state index contributed by atoms with van der Waals surface area (Å²) in [5, 5.41) is 3.30. The van der Waals surface area contributed by atoms with Gasteiger partial charge in [-0.15, -0.1) is 11.3 Å². The number of thiazole rings is 1. The monoisotopic (exact) mass is 226 g/mol. The van der Waals surface area contributed by atoms with E-state index in [0.717, 1.165) is 5.01 Å². The SMILES string of the molecule is COCc1nc(C2CCN(C)CC2)cs1. The van der Waals surface area contributed by atoms with Gasteiger partial charge in [-0.25, -0.2) is 4.98 Å². The molecule has 0 N–H and O–H groups in total. The molecule has 0 atom stereocenters. The minimum Gasteiger partial charge on any atom is -0.378 e. The molecule has 0 bridgehead atoms. The Bertz CT molecular complexity index is 305. The fourth-order valence-corrected chi connectivity index (χ4v) is 2.85. The predicted octanol–water partition coefficient (Wildman–Crippen LogP) is 2.10. The summed E-state index contributed by atoms with van der Waals surface area (Å²) in [6.45, 7) is 3.04. The lowest BCUT2D eigenvalue weighted by Gasteiger charge is -2.27. The lowest BCUT2D eigenvalue weighted by atomic mass is 9.95. The zero-order valence-corrected chi connectivity index (χ0v) is 10.2. The zero-order chi connectivity index (χ0) is 10.7. The van der Waals surface area contributed by atoms with Gasteiger partial charge in [0.2, 0.25) is 0 Å². The number of hydrogen-bond acceptors (Lipinski definition) is 4. The van der Waals surface area contributed by atoms with Crippen LogP contribution in [0.2, 0.25) is 0 Å². The number of hydrogen-bond donors (Lipinski definition) is 0. The van der Waals surface area contributed by atoms with E-state index in [4.69, 9.17) is 4.74 Å². The van der Waals surface area contributed by atoms with E-state index in [2.05, 4.69) is 22.3 Å². The van der Waals surface area contributed by atoms with Gasteiger partial charge in [-0.3, -0.25) is 0 Å². The summed E-state index contributed by atoms with van der Waals surface area (Å²) in [4.78, 5) is 7.01. The van der Waals surface area contributed by atoms with Crippen molar-refractivity contribution < 1.29 is 4.74 Å². The van der Waals surface area contributed by atoms with Crippen LogP contribution in [0.1, 0.15) is 29.5 Å². The highest BCUT2D eigenvalue weighted by atomic mass is 32.1. The van der Waals surface area contributed by atoms with E-state index in [9.17, 15) is 0 Å². The van der Waals surface area contributed by atoms with E-state index in [1.165, 1.54) is 31.6 Å². The molecule has 2 rings (SSSR count). The quantitative estimate of drug-likeness (QED) is 0.789. The number of rotatable bonds is 3. The fourth-order valence-electron chi connectivity index (χ4n) is 2.01. The lowest BCUT2D eigenvalue weighted by molar-refractivity contribution is 0.184. The van der Waals surface area contributed by atoms with Crippen LogP contribution in [0.5, 0.6) is 0 Å². The minimum atomic E-state index is 0.650. The Kier molecular flexibility index (Phi) is 3.72. The van der Waals surface area contributed by atoms with Gasteiger partial charge in [0.1, 0.15) is 5.01 Å². The fraction of sp³-hybridized carbons (Fsp3) is 0.727. The summed E-state index contributed by atoms with van der Waals surface area (Å²) in [6, 6.07) is 0. The van der Waals surface area contributed by atoms with Crippen molar-refractivity contribution in [3.8, 4) is 0 Å². The van der Waals surface area contributed by atoms with Gasteiger partial charge in [0, 0.05) is 18.4 Å². The number of nitrogens with zero attached hydrogens (tertiary/aromatic N) is 2. The topological polar surface area (TPSA) is 25.4 Å². The van der Waals surface area contributed by atoms with Crippen LogP contribution in [0.15, 0.2) is 5.38 Å². The molecule has 1 aliphatic heterocycles. The first kappa shape index (κ1) is 11.0. The van der Waals surface area contributed by atoms with E-state index in [1.807, 2.05) is 0 Å². The maximum atomic E-state index is 5.09. The largest absolute Gasteiger partial charge is 0.378 e. The number of methoxy groups -OCH3 is 1. The average Bonchev–Trinajstić information content (AvgIpc) is 2.68. The minimum absolute atomic E-state index is 0.650. The second-order valence-corrected chi connectivity index (χ2v) is 5.12. The molecule has 1 fully saturated rings. The average molecular weight is 226 g/mol. The standard InChI is InChI=1S/C11H18N2OS/c1-13-5-3-9(4-6-13)10-8-15-11(12-10)7-14-2/h8-9H,3-7H2,1-2H3. The molecule has 0 aliphatic carbocycles. The van der Waals surface area contributed by atoms with Crippen molar-refractivity contribution in [1.29, 1.82) is 0 Å². The van der Waals surface area contributed by atoms with Gasteiger partial charge >= 0.3 is 0 Å². The molecule has 15 heavy (non-hydrogen) atoms. The van der Waals surface area contributed by atoms with Gasteiger partial charge in [-0.1, -0.05) is 0 Å². The van der Waals surface area contributed by atoms with Gasteiger partial charge in [-0.2, -0.15) is 0 Å². The molecule has 1 aliphatic rings. The van der Waals surface area contributed by atoms with Crippen molar-refractivity contribution in [3.05, 3.63) is 16.1 Å². The molecule has 0 radical (unpaired) electrons. The summed E-state index contributed by atoms with van der Waals surface area (Å²) in [6.07, 6.45) is 2.49. The summed E-state index contributed by atoms with van der Waals surface area (Å²) < 4.78 is 5.09. The third-order valence-corrected chi connectivity index (χ3v) is 3.81. The third kappa shape index (κ3) is 2.77. The molecular formula is C11H18N2OS. The van der Waals surface area contributed by atoms with E-state index in [0.29, 0.717) is 12.5 Å². The lowest BCUT2D eigenvalue weighted by Crippen LogP contribution is -2.29. The molecule has 1 aromatic rings. The van der Waals surface area contributed by atoms with Crippen molar-refractivity contribution in [2.75, 3.05) is 27.2 Å². The molecular weight excluding hydrogens is 208 g/mol. The van der Waals surface area contributed by atoms with Crippen LogP contribution in [0, 0.1) is 0 Å². The molecule has 0 spiro atoms. The molecule has 4 heteroatoms. The second kappa shape index (κ2) is 5.05. The maximum absolute atomic E-state index is 5.09. The van der Waals surface area contributed by atoms with Crippen LogP contribution in [-0.4, -0.2) is 37.1 Å². The van der Waals surface area contributed by atoms with Crippen molar-refractivity contribution in [3.63, 3.8) is 0 Å². The molecule has 0 saturated carbocycles. The highest BCUT2D eigenvalue weighted by Gasteiger charge is 2.20. The Morgan fingerprint density at radius 1 is 1.53 bits per heavy atom. The van der Waals surface area contributed by atoms with Crippen LogP contribution < -0.4 is 0 Å². The van der Waals surface area contributed by atoms with E-state index in [1.54, 1.807) is 18.4 Å². The van der Waals surface area contributed by atoms with Crippen LogP contribution >= 0.6 is 11.3 Å². The van der Waals surface area contributed by atoms with Gasteiger partial charge in [0.05, 0.1) is 12.3 Å². The predicted molar refractivity (Wildman–Crippen MR) is 62.3 cm³/mol. The Balaban J connectivity index is 1.96. The van der Waals surface area contributed by atoms with Gasteiger partial charge < -0.3 is 9.64 Å². The van der Waals surface area contributed by atoms with Crippen molar-refractivity contribution in [2.45, 2.75) is 25.4 Å². The highest BCUT2D eigenvalue weighted by molar-refractivity contribution is 7.09. The first-order valence-electron chi connectivity index (χ1n) is 5.41. The van der Waals surface area contributed by atoms with Crippen LogP contribution in [-0.2, 0) is 11.3 Å². The number of likely N-dealkylation sites (tertiary alicyclic amines) is 1. The maximum Gasteiger partial charge on any atom is 0.119 e. The summed E-state index contributed by atoms with van der Waals surface area (Å²) in [5.41, 5.74) is 1.28. The first-order chi connectivity index (χ1) is 7.29. The third-order valence-electron chi connectivity index (χ3n) is 2.97. The van der Waals surface area contributed by atoms with Crippen molar-refractivity contribution in [1.82, 2.24) is 9.88 Å². The van der Waals surface area contributed by atoms with Crippen LogP contribution in [0.25, 0.3) is 0 Å². The Labute approximate surface area is 95.1 Å². The molecule has 2 heterocycles. The molecule has 1 saturated heterocycles. The molecule has 0 amide bonds. The van der Waals surface area contributed by atoms with Gasteiger partial charge in [0.15, 0.2) is 0 Å². The second-order valence-electron chi connectivity index (χ2n) is 4.18. The van der Waals surface area contributed by atoms with Crippen molar-refractivity contribution >= 4 is 11.3 Å².